The Morgan fingerprint density at radius 1 is 1.35 bits per heavy atom. The van der Waals surface area contributed by atoms with Crippen molar-refractivity contribution in [1.82, 2.24) is 10.3 Å². The molecule has 0 bridgehead atoms. The molecule has 3 rings (SSSR count). The van der Waals surface area contributed by atoms with Gasteiger partial charge in [0.15, 0.2) is 0 Å². The maximum absolute atomic E-state index is 12.5. The van der Waals surface area contributed by atoms with E-state index in [9.17, 15) is 10.1 Å². The summed E-state index contributed by atoms with van der Waals surface area (Å²) in [4.78, 5) is 17.0. The number of nitriles is 1. The van der Waals surface area contributed by atoms with Crippen LogP contribution in [0.2, 0.25) is 5.02 Å². The van der Waals surface area contributed by atoms with Crippen molar-refractivity contribution >= 4 is 34.9 Å². The molecule has 0 aliphatic heterocycles. The summed E-state index contributed by atoms with van der Waals surface area (Å²) in [7, 11) is 0. The lowest BCUT2D eigenvalue weighted by molar-refractivity contribution is -0.118. The Kier molecular flexibility index (Phi) is 6.08. The highest BCUT2D eigenvalue weighted by molar-refractivity contribution is 7.13. The molecule has 0 spiro atoms. The summed E-state index contributed by atoms with van der Waals surface area (Å²) in [5.41, 5.74) is 1.66. The number of carbonyl (C=O) groups is 1. The smallest absolute Gasteiger partial charge is 0.262 e. The lowest BCUT2D eigenvalue weighted by Crippen LogP contribution is -2.41. The van der Waals surface area contributed by atoms with E-state index in [-0.39, 0.29) is 17.5 Å². The van der Waals surface area contributed by atoms with Gasteiger partial charge in [-0.1, -0.05) is 43.5 Å². The van der Waals surface area contributed by atoms with Crippen LogP contribution in [-0.2, 0) is 4.79 Å². The Labute approximate surface area is 162 Å². The average molecular weight is 386 g/mol. The van der Waals surface area contributed by atoms with Crippen molar-refractivity contribution in [3.63, 3.8) is 0 Å². The summed E-state index contributed by atoms with van der Waals surface area (Å²) in [5.74, 6) is 0.135. The SMILES string of the molecule is C[C@@H]1CCCC[C@@H]1NC(=O)/C(C#N)=C/c1csc(-c2ccc(Cl)cc2)n1. The number of benzene rings is 1. The largest absolute Gasteiger partial charge is 0.348 e. The van der Waals surface area contributed by atoms with Crippen molar-refractivity contribution in [2.75, 3.05) is 0 Å². The van der Waals surface area contributed by atoms with Crippen molar-refractivity contribution in [3.8, 4) is 16.6 Å². The Hall–Kier alpha value is -2.16. The standard InChI is InChI=1S/C20H20ClN3OS/c1-13-4-2-3-5-18(13)24-19(25)15(11-22)10-17-12-26-20(23-17)14-6-8-16(21)9-7-14/h6-10,12-13,18H,2-5H2,1H3,(H,24,25)/b15-10+/t13-,18+/m1/s1. The van der Waals surface area contributed by atoms with Crippen LogP contribution in [-0.4, -0.2) is 16.9 Å². The number of halogens is 1. The van der Waals surface area contributed by atoms with E-state index in [0.717, 1.165) is 29.8 Å². The van der Waals surface area contributed by atoms with Crippen LogP contribution in [0, 0.1) is 17.2 Å². The van der Waals surface area contributed by atoms with Gasteiger partial charge in [0.05, 0.1) is 5.69 Å². The third-order valence-corrected chi connectivity index (χ3v) is 5.86. The molecular formula is C20H20ClN3OS. The minimum Gasteiger partial charge on any atom is -0.348 e. The van der Waals surface area contributed by atoms with Crippen molar-refractivity contribution < 1.29 is 4.79 Å². The third kappa shape index (κ3) is 4.51. The first-order chi connectivity index (χ1) is 12.6. The molecule has 6 heteroatoms. The molecule has 26 heavy (non-hydrogen) atoms. The average Bonchev–Trinajstić information content (AvgIpc) is 3.10. The number of amides is 1. The first kappa shape index (κ1) is 18.6. The fourth-order valence-corrected chi connectivity index (χ4v) is 4.06. The lowest BCUT2D eigenvalue weighted by Gasteiger charge is -2.29. The lowest BCUT2D eigenvalue weighted by atomic mass is 9.86. The predicted octanol–water partition coefficient (Wildman–Crippen LogP) is 5.07. The maximum atomic E-state index is 12.5. The number of hydrogen-bond acceptors (Lipinski definition) is 4. The van der Waals surface area contributed by atoms with Crippen LogP contribution in [0.25, 0.3) is 16.6 Å². The van der Waals surface area contributed by atoms with Crippen LogP contribution in [0.4, 0.5) is 0 Å². The topological polar surface area (TPSA) is 65.8 Å². The van der Waals surface area contributed by atoms with Crippen molar-refractivity contribution in [1.29, 1.82) is 5.26 Å². The molecule has 1 aliphatic rings. The van der Waals surface area contributed by atoms with Gasteiger partial charge in [-0.05, 0) is 37.0 Å². The van der Waals surface area contributed by atoms with Gasteiger partial charge in [-0.3, -0.25) is 4.79 Å². The molecule has 1 saturated carbocycles. The van der Waals surface area contributed by atoms with Gasteiger partial charge in [-0.15, -0.1) is 11.3 Å². The van der Waals surface area contributed by atoms with Crippen LogP contribution in [0.3, 0.4) is 0 Å². The molecule has 1 N–H and O–H groups in total. The molecule has 2 aromatic rings. The molecule has 0 saturated heterocycles. The molecule has 1 aliphatic carbocycles. The van der Waals surface area contributed by atoms with Gasteiger partial charge in [-0.2, -0.15) is 5.26 Å². The molecule has 1 heterocycles. The summed E-state index contributed by atoms with van der Waals surface area (Å²) < 4.78 is 0. The Bertz CT molecular complexity index is 851. The van der Waals surface area contributed by atoms with Crippen LogP contribution in [0.1, 0.15) is 38.3 Å². The quantitative estimate of drug-likeness (QED) is 0.590. The van der Waals surface area contributed by atoms with Gasteiger partial charge in [0.25, 0.3) is 5.91 Å². The molecule has 0 radical (unpaired) electrons. The van der Waals surface area contributed by atoms with Crippen molar-refractivity contribution in [3.05, 3.63) is 45.9 Å². The highest BCUT2D eigenvalue weighted by atomic mass is 35.5. The van der Waals surface area contributed by atoms with Crippen molar-refractivity contribution in [2.45, 2.75) is 38.6 Å². The number of carbonyl (C=O) groups excluding carboxylic acids is 1. The highest BCUT2D eigenvalue weighted by Crippen LogP contribution is 2.26. The summed E-state index contributed by atoms with van der Waals surface area (Å²) >= 11 is 7.38. The van der Waals surface area contributed by atoms with Gasteiger partial charge in [0.2, 0.25) is 0 Å². The van der Waals surface area contributed by atoms with Crippen LogP contribution in [0.5, 0.6) is 0 Å². The zero-order valence-electron chi connectivity index (χ0n) is 14.5. The second kappa shape index (κ2) is 8.48. The summed E-state index contributed by atoms with van der Waals surface area (Å²) in [6, 6.07) is 9.58. The Morgan fingerprint density at radius 3 is 2.77 bits per heavy atom. The number of nitrogens with one attached hydrogen (secondary N) is 1. The molecule has 0 unspecified atom stereocenters. The molecule has 1 fully saturated rings. The maximum Gasteiger partial charge on any atom is 0.262 e. The molecular weight excluding hydrogens is 366 g/mol. The van der Waals surface area contributed by atoms with E-state index in [0.29, 0.717) is 16.6 Å². The van der Waals surface area contributed by atoms with Gasteiger partial charge < -0.3 is 5.32 Å². The minimum atomic E-state index is -0.313. The van der Waals surface area contributed by atoms with E-state index in [2.05, 4.69) is 17.2 Å². The third-order valence-electron chi connectivity index (χ3n) is 4.70. The molecule has 134 valence electrons. The zero-order valence-corrected chi connectivity index (χ0v) is 16.1. The number of rotatable bonds is 4. The van der Waals surface area contributed by atoms with Crippen LogP contribution in [0.15, 0.2) is 35.2 Å². The van der Waals surface area contributed by atoms with Gasteiger partial charge >= 0.3 is 0 Å². The van der Waals surface area contributed by atoms with Crippen molar-refractivity contribution in [2.24, 2.45) is 5.92 Å². The highest BCUT2D eigenvalue weighted by Gasteiger charge is 2.24. The molecule has 2 atom stereocenters. The number of nitrogens with zero attached hydrogens (tertiary/aromatic N) is 2. The fraction of sp³-hybridized carbons (Fsp3) is 0.350. The fourth-order valence-electron chi connectivity index (χ4n) is 3.15. The number of hydrogen-bond donors (Lipinski definition) is 1. The Morgan fingerprint density at radius 2 is 2.08 bits per heavy atom. The monoisotopic (exact) mass is 385 g/mol. The van der Waals surface area contributed by atoms with Gasteiger partial charge in [0, 0.05) is 22.0 Å². The second-order valence-corrected chi connectivity index (χ2v) is 7.89. The summed E-state index contributed by atoms with van der Waals surface area (Å²) in [6.07, 6.45) is 5.98. The van der Waals surface area contributed by atoms with E-state index in [1.807, 2.05) is 35.7 Å². The summed E-state index contributed by atoms with van der Waals surface area (Å²) in [6.45, 7) is 2.15. The van der Waals surface area contributed by atoms with E-state index >= 15 is 0 Å². The minimum absolute atomic E-state index is 0.0933. The second-order valence-electron chi connectivity index (χ2n) is 6.60. The zero-order chi connectivity index (χ0) is 18.5. The van der Waals surface area contributed by atoms with E-state index < -0.39 is 0 Å². The number of aromatic nitrogens is 1. The van der Waals surface area contributed by atoms with Gasteiger partial charge in [0.1, 0.15) is 16.6 Å². The molecule has 1 aromatic carbocycles. The Balaban J connectivity index is 1.73. The van der Waals surface area contributed by atoms with Crippen LogP contribution < -0.4 is 5.32 Å². The normalized spacial score (nSPS) is 20.4. The van der Waals surface area contributed by atoms with E-state index in [1.54, 1.807) is 6.08 Å². The first-order valence-corrected chi connectivity index (χ1v) is 9.96. The van der Waals surface area contributed by atoms with Crippen LogP contribution >= 0.6 is 22.9 Å². The van der Waals surface area contributed by atoms with E-state index in [1.165, 1.54) is 17.8 Å². The summed E-state index contributed by atoms with van der Waals surface area (Å²) in [5, 5.41) is 15.7. The predicted molar refractivity (Wildman–Crippen MR) is 106 cm³/mol. The molecule has 4 nitrogen and oxygen atoms in total. The number of thiazole rings is 1. The first-order valence-electron chi connectivity index (χ1n) is 8.71. The molecule has 1 aromatic heterocycles. The van der Waals surface area contributed by atoms with E-state index in [4.69, 9.17) is 11.6 Å². The van der Waals surface area contributed by atoms with Gasteiger partial charge in [-0.25, -0.2) is 4.98 Å². The molecule has 1 amide bonds.